The molecule has 3 unspecified atom stereocenters. The smallest absolute Gasteiger partial charge is 0.330 e. The van der Waals surface area contributed by atoms with Crippen molar-refractivity contribution in [1.82, 2.24) is 16.0 Å². The van der Waals surface area contributed by atoms with Crippen molar-refractivity contribution in [2.75, 3.05) is 27.4 Å². The maximum Gasteiger partial charge on any atom is 0.330 e. The van der Waals surface area contributed by atoms with Crippen LogP contribution in [0.1, 0.15) is 24.2 Å². The van der Waals surface area contributed by atoms with E-state index >= 15 is 0 Å². The number of hydrogen-bond acceptors (Lipinski definition) is 11. The summed E-state index contributed by atoms with van der Waals surface area (Å²) in [4.78, 5) is 49.6. The third-order valence-electron chi connectivity index (χ3n) is 4.46. The fourth-order valence-electron chi connectivity index (χ4n) is 2.90. The molecule has 0 radical (unpaired) electrons. The van der Waals surface area contributed by atoms with E-state index in [9.17, 15) is 19.2 Å². The van der Waals surface area contributed by atoms with Gasteiger partial charge in [-0.15, -0.1) is 0 Å². The lowest BCUT2D eigenvalue weighted by Crippen LogP contribution is -2.71. The van der Waals surface area contributed by atoms with Crippen molar-refractivity contribution < 1.29 is 38.1 Å². The van der Waals surface area contributed by atoms with Crippen LogP contribution in [0.25, 0.3) is 0 Å². The molecule has 0 aromatic heterocycles. The van der Waals surface area contributed by atoms with Gasteiger partial charge in [0.05, 0.1) is 33.6 Å². The van der Waals surface area contributed by atoms with Gasteiger partial charge >= 0.3 is 11.9 Å². The first-order chi connectivity index (χ1) is 15.7. The van der Waals surface area contributed by atoms with Crippen LogP contribution >= 0.6 is 11.8 Å². The van der Waals surface area contributed by atoms with Gasteiger partial charge in [-0.05, 0) is 32.0 Å². The van der Waals surface area contributed by atoms with Crippen LogP contribution in [0.3, 0.4) is 0 Å². The van der Waals surface area contributed by atoms with E-state index in [1.54, 1.807) is 19.9 Å². The molecular weight excluding hydrogens is 456 g/mol. The van der Waals surface area contributed by atoms with Crippen molar-refractivity contribution in [2.45, 2.75) is 36.8 Å². The molecule has 13 heteroatoms. The van der Waals surface area contributed by atoms with Crippen LogP contribution in [0.2, 0.25) is 0 Å². The lowest BCUT2D eigenvalue weighted by molar-refractivity contribution is -0.153. The molecular formula is C20H28N4O8S. The SMILES string of the molecule is CCOC(=O)C(SC1NC(=O)C(NC(=O)c2ccc(OC)c(OC)c2)C(N)N1)C(=O)OCC. The first kappa shape index (κ1) is 26.2. The van der Waals surface area contributed by atoms with E-state index in [-0.39, 0.29) is 18.8 Å². The molecule has 0 aliphatic carbocycles. The maximum absolute atomic E-state index is 12.7. The minimum absolute atomic E-state index is 0.0729. The summed E-state index contributed by atoms with van der Waals surface area (Å²) in [6.07, 6.45) is -1.01. The van der Waals surface area contributed by atoms with Crippen molar-refractivity contribution in [1.29, 1.82) is 0 Å². The summed E-state index contributed by atoms with van der Waals surface area (Å²) < 4.78 is 20.2. The Labute approximate surface area is 195 Å². The summed E-state index contributed by atoms with van der Waals surface area (Å²) in [7, 11) is 2.91. The molecule has 3 atom stereocenters. The average molecular weight is 485 g/mol. The number of nitrogens with one attached hydrogen (secondary N) is 3. The molecule has 2 amide bonds. The first-order valence-electron chi connectivity index (χ1n) is 10.1. The van der Waals surface area contributed by atoms with E-state index in [0.717, 1.165) is 11.8 Å². The second-order valence-electron chi connectivity index (χ2n) is 6.62. The predicted octanol–water partition coefficient (Wildman–Crippen LogP) is -0.682. The Hall–Kier alpha value is -3.03. The molecule has 1 aliphatic heterocycles. The number of methoxy groups -OCH3 is 2. The third kappa shape index (κ3) is 6.73. The van der Waals surface area contributed by atoms with Crippen LogP contribution < -0.4 is 31.2 Å². The summed E-state index contributed by atoms with van der Waals surface area (Å²) in [5, 5.41) is 6.66. The number of thioether (sulfide) groups is 1. The molecule has 2 rings (SSSR count). The quantitative estimate of drug-likeness (QED) is 0.245. The zero-order chi connectivity index (χ0) is 24.5. The Morgan fingerprint density at radius 2 is 1.70 bits per heavy atom. The maximum atomic E-state index is 12.7. The molecule has 5 N–H and O–H groups in total. The minimum Gasteiger partial charge on any atom is -0.493 e. The van der Waals surface area contributed by atoms with Gasteiger partial charge in [0.25, 0.3) is 5.91 Å². The van der Waals surface area contributed by atoms with E-state index in [1.165, 1.54) is 26.4 Å². The number of benzene rings is 1. The van der Waals surface area contributed by atoms with Crippen molar-refractivity contribution in [3.05, 3.63) is 23.8 Å². The van der Waals surface area contributed by atoms with Gasteiger partial charge in [-0.1, -0.05) is 11.8 Å². The van der Waals surface area contributed by atoms with E-state index in [1.807, 2.05) is 0 Å². The second-order valence-corrected chi connectivity index (χ2v) is 7.84. The van der Waals surface area contributed by atoms with Crippen molar-refractivity contribution >= 4 is 35.5 Å². The highest BCUT2D eigenvalue weighted by molar-refractivity contribution is 8.01. The van der Waals surface area contributed by atoms with Crippen molar-refractivity contribution in [2.24, 2.45) is 5.73 Å². The third-order valence-corrected chi connectivity index (χ3v) is 5.65. The van der Waals surface area contributed by atoms with Gasteiger partial charge in [-0.2, -0.15) is 0 Å². The predicted molar refractivity (Wildman–Crippen MR) is 118 cm³/mol. The zero-order valence-electron chi connectivity index (χ0n) is 18.7. The van der Waals surface area contributed by atoms with E-state index in [2.05, 4.69) is 16.0 Å². The van der Waals surface area contributed by atoms with Crippen LogP contribution in [0, 0.1) is 0 Å². The molecule has 1 aromatic carbocycles. The molecule has 1 heterocycles. The highest BCUT2D eigenvalue weighted by Crippen LogP contribution is 2.27. The van der Waals surface area contributed by atoms with Gasteiger partial charge in [0.15, 0.2) is 11.5 Å². The van der Waals surface area contributed by atoms with Gasteiger partial charge in [0, 0.05) is 5.56 Å². The van der Waals surface area contributed by atoms with E-state index in [4.69, 9.17) is 24.7 Å². The number of carbonyl (C=O) groups is 4. The summed E-state index contributed by atoms with van der Waals surface area (Å²) in [5.41, 5.74) is 5.38. The van der Waals surface area contributed by atoms with Crippen LogP contribution in [0.4, 0.5) is 0 Å². The van der Waals surface area contributed by atoms with Crippen molar-refractivity contribution in [3.8, 4) is 11.5 Å². The fraction of sp³-hybridized carbons (Fsp3) is 0.500. The Morgan fingerprint density at radius 3 is 2.21 bits per heavy atom. The second kappa shape index (κ2) is 12.3. The Balaban J connectivity index is 2.06. The lowest BCUT2D eigenvalue weighted by Gasteiger charge is -2.36. The average Bonchev–Trinajstić information content (AvgIpc) is 2.79. The van der Waals surface area contributed by atoms with Crippen molar-refractivity contribution in [3.63, 3.8) is 0 Å². The molecule has 0 spiro atoms. The van der Waals surface area contributed by atoms with E-state index < -0.39 is 46.7 Å². The number of esters is 2. The molecule has 1 aromatic rings. The summed E-state index contributed by atoms with van der Waals surface area (Å²) in [5.74, 6) is -1.96. The van der Waals surface area contributed by atoms with Crippen LogP contribution in [0.5, 0.6) is 11.5 Å². The van der Waals surface area contributed by atoms with Gasteiger partial charge in [0.2, 0.25) is 11.2 Å². The number of ether oxygens (including phenoxy) is 4. The Bertz CT molecular complexity index is 866. The molecule has 12 nitrogen and oxygen atoms in total. The highest BCUT2D eigenvalue weighted by atomic mass is 32.2. The normalized spacial score (nSPS) is 19.9. The minimum atomic E-state index is -1.33. The van der Waals surface area contributed by atoms with Crippen LogP contribution in [-0.4, -0.2) is 74.1 Å². The number of nitrogens with two attached hydrogens (primary N) is 1. The van der Waals surface area contributed by atoms with Gasteiger partial charge < -0.3 is 35.3 Å². The number of rotatable bonds is 10. The number of carbonyl (C=O) groups excluding carboxylic acids is 4. The highest BCUT2D eigenvalue weighted by Gasteiger charge is 2.40. The van der Waals surface area contributed by atoms with E-state index in [0.29, 0.717) is 11.5 Å². The topological polar surface area (TPSA) is 167 Å². The fourth-order valence-corrected chi connectivity index (χ4v) is 3.96. The van der Waals surface area contributed by atoms with Gasteiger partial charge in [-0.25, -0.2) is 0 Å². The lowest BCUT2D eigenvalue weighted by atomic mass is 10.1. The monoisotopic (exact) mass is 484 g/mol. The largest absolute Gasteiger partial charge is 0.493 e. The number of amides is 2. The molecule has 1 aliphatic rings. The molecule has 182 valence electrons. The standard InChI is InChI=1S/C20H28N4O8S/c1-5-31-18(27)14(19(28)32-6-2)33-20-23-15(21)13(17(26)24-20)22-16(25)10-7-8-11(29-3)12(9-10)30-4/h7-9,13-15,20,23H,5-6,21H2,1-4H3,(H,22,25)(H,24,26). The summed E-state index contributed by atoms with van der Waals surface area (Å²) in [6.45, 7) is 3.35. The summed E-state index contributed by atoms with van der Waals surface area (Å²) >= 11 is 0.780. The van der Waals surface area contributed by atoms with Gasteiger partial charge in [0.1, 0.15) is 11.5 Å². The first-order valence-corrected chi connectivity index (χ1v) is 11.0. The molecule has 0 bridgehead atoms. The summed E-state index contributed by atoms with van der Waals surface area (Å²) in [6, 6.07) is 3.42. The molecule has 1 fully saturated rings. The van der Waals surface area contributed by atoms with Crippen LogP contribution in [-0.2, 0) is 23.9 Å². The van der Waals surface area contributed by atoms with Gasteiger partial charge in [-0.3, -0.25) is 24.5 Å². The Kier molecular flexibility index (Phi) is 9.75. The van der Waals surface area contributed by atoms with Crippen LogP contribution in [0.15, 0.2) is 18.2 Å². The Morgan fingerprint density at radius 1 is 1.09 bits per heavy atom. The molecule has 0 saturated carbocycles. The molecule has 33 heavy (non-hydrogen) atoms. The molecule has 1 saturated heterocycles. The number of hydrogen-bond donors (Lipinski definition) is 4. The zero-order valence-corrected chi connectivity index (χ0v) is 19.5.